The SMILES string of the molecule is O=C(c1ccc(F)cc1O)N1CCC(OCCO)CC1. The van der Waals surface area contributed by atoms with E-state index in [0.29, 0.717) is 32.5 Å². The van der Waals surface area contributed by atoms with E-state index in [2.05, 4.69) is 0 Å². The number of aliphatic hydroxyl groups is 1. The number of hydrogen-bond acceptors (Lipinski definition) is 4. The number of rotatable bonds is 4. The zero-order valence-electron chi connectivity index (χ0n) is 11.1. The van der Waals surface area contributed by atoms with Crippen LogP contribution in [0.1, 0.15) is 23.2 Å². The van der Waals surface area contributed by atoms with Crippen molar-refractivity contribution in [2.24, 2.45) is 0 Å². The summed E-state index contributed by atoms with van der Waals surface area (Å²) in [6.07, 6.45) is 1.43. The van der Waals surface area contributed by atoms with Crippen LogP contribution in [0.5, 0.6) is 5.75 Å². The van der Waals surface area contributed by atoms with E-state index in [-0.39, 0.29) is 29.9 Å². The van der Waals surface area contributed by atoms with E-state index in [9.17, 15) is 14.3 Å². The number of phenols is 1. The first kappa shape index (κ1) is 14.7. The van der Waals surface area contributed by atoms with Crippen molar-refractivity contribution < 1.29 is 24.1 Å². The van der Waals surface area contributed by atoms with Gasteiger partial charge in [-0.25, -0.2) is 4.39 Å². The summed E-state index contributed by atoms with van der Waals surface area (Å²) in [7, 11) is 0. The van der Waals surface area contributed by atoms with Gasteiger partial charge in [-0.2, -0.15) is 0 Å². The number of nitrogens with zero attached hydrogens (tertiary/aromatic N) is 1. The predicted octanol–water partition coefficient (Wildman–Crippen LogP) is 1.14. The van der Waals surface area contributed by atoms with Crippen LogP contribution in [0.15, 0.2) is 18.2 Å². The zero-order valence-corrected chi connectivity index (χ0v) is 11.1. The molecule has 5 nitrogen and oxygen atoms in total. The number of benzene rings is 1. The number of carbonyl (C=O) groups excluding carboxylic acids is 1. The number of aliphatic hydroxyl groups excluding tert-OH is 1. The van der Waals surface area contributed by atoms with Crippen LogP contribution >= 0.6 is 0 Å². The predicted molar refractivity (Wildman–Crippen MR) is 70.0 cm³/mol. The molecule has 0 aromatic heterocycles. The second-order valence-corrected chi connectivity index (χ2v) is 4.75. The molecule has 2 N–H and O–H groups in total. The van der Waals surface area contributed by atoms with Gasteiger partial charge in [-0.05, 0) is 25.0 Å². The molecule has 2 rings (SSSR count). The van der Waals surface area contributed by atoms with Crippen molar-refractivity contribution in [1.29, 1.82) is 0 Å². The molecular formula is C14H18FNO4. The van der Waals surface area contributed by atoms with Gasteiger partial charge in [-0.3, -0.25) is 4.79 Å². The first-order valence-corrected chi connectivity index (χ1v) is 6.62. The van der Waals surface area contributed by atoms with Crippen molar-refractivity contribution in [3.63, 3.8) is 0 Å². The molecule has 0 unspecified atom stereocenters. The summed E-state index contributed by atoms with van der Waals surface area (Å²) in [6, 6.07) is 3.38. The lowest BCUT2D eigenvalue weighted by Crippen LogP contribution is -2.41. The maximum Gasteiger partial charge on any atom is 0.257 e. The quantitative estimate of drug-likeness (QED) is 0.869. The summed E-state index contributed by atoms with van der Waals surface area (Å²) in [5.74, 6) is -1.22. The third kappa shape index (κ3) is 3.46. The van der Waals surface area contributed by atoms with Crippen molar-refractivity contribution in [3.05, 3.63) is 29.6 Å². The lowest BCUT2D eigenvalue weighted by Gasteiger charge is -2.32. The molecule has 0 aliphatic carbocycles. The van der Waals surface area contributed by atoms with Gasteiger partial charge < -0.3 is 19.8 Å². The van der Waals surface area contributed by atoms with E-state index >= 15 is 0 Å². The monoisotopic (exact) mass is 283 g/mol. The lowest BCUT2D eigenvalue weighted by atomic mass is 10.1. The van der Waals surface area contributed by atoms with Gasteiger partial charge >= 0.3 is 0 Å². The Labute approximate surface area is 116 Å². The molecule has 110 valence electrons. The van der Waals surface area contributed by atoms with Gasteiger partial charge in [0.15, 0.2) is 0 Å². The number of piperidine rings is 1. The Morgan fingerprint density at radius 2 is 2.10 bits per heavy atom. The summed E-state index contributed by atoms with van der Waals surface area (Å²) < 4.78 is 18.3. The van der Waals surface area contributed by atoms with Crippen LogP contribution in [0.2, 0.25) is 0 Å². The van der Waals surface area contributed by atoms with Crippen molar-refractivity contribution in [2.45, 2.75) is 18.9 Å². The van der Waals surface area contributed by atoms with E-state index in [1.807, 2.05) is 0 Å². The summed E-state index contributed by atoms with van der Waals surface area (Å²) in [4.78, 5) is 13.8. The fourth-order valence-electron chi connectivity index (χ4n) is 2.30. The molecule has 1 heterocycles. The van der Waals surface area contributed by atoms with Crippen LogP contribution in [0.3, 0.4) is 0 Å². The van der Waals surface area contributed by atoms with Crippen LogP contribution in [0.4, 0.5) is 4.39 Å². The molecule has 20 heavy (non-hydrogen) atoms. The van der Waals surface area contributed by atoms with Gasteiger partial charge in [0.1, 0.15) is 11.6 Å². The highest BCUT2D eigenvalue weighted by atomic mass is 19.1. The number of phenolic OH excluding ortho intramolecular Hbond substituents is 1. The Morgan fingerprint density at radius 1 is 1.40 bits per heavy atom. The van der Waals surface area contributed by atoms with Gasteiger partial charge in [0.05, 0.1) is 24.9 Å². The molecule has 6 heteroatoms. The fourth-order valence-corrected chi connectivity index (χ4v) is 2.30. The molecule has 1 fully saturated rings. The molecule has 1 aliphatic rings. The second kappa shape index (κ2) is 6.67. The molecule has 0 saturated carbocycles. The molecule has 1 aromatic rings. The van der Waals surface area contributed by atoms with Crippen LogP contribution < -0.4 is 0 Å². The summed E-state index contributed by atoms with van der Waals surface area (Å²) in [5, 5.41) is 18.3. The highest BCUT2D eigenvalue weighted by Crippen LogP contribution is 2.22. The van der Waals surface area contributed by atoms with E-state index in [1.165, 1.54) is 6.07 Å². The van der Waals surface area contributed by atoms with E-state index in [1.54, 1.807) is 4.90 Å². The van der Waals surface area contributed by atoms with Gasteiger partial charge in [-0.1, -0.05) is 0 Å². The van der Waals surface area contributed by atoms with Crippen LogP contribution in [-0.2, 0) is 4.74 Å². The van der Waals surface area contributed by atoms with Gasteiger partial charge in [-0.15, -0.1) is 0 Å². The standard InChI is InChI=1S/C14H18FNO4/c15-10-1-2-12(13(18)9-10)14(19)16-5-3-11(4-6-16)20-8-7-17/h1-2,9,11,17-18H,3-8H2. The Balaban J connectivity index is 1.94. The number of halogens is 1. The average molecular weight is 283 g/mol. The summed E-state index contributed by atoms with van der Waals surface area (Å²) in [6.45, 7) is 1.33. The maximum absolute atomic E-state index is 12.9. The van der Waals surface area contributed by atoms with Crippen LogP contribution in [0.25, 0.3) is 0 Å². The highest BCUT2D eigenvalue weighted by Gasteiger charge is 2.25. The smallest absolute Gasteiger partial charge is 0.257 e. The number of amides is 1. The first-order chi connectivity index (χ1) is 9.61. The van der Waals surface area contributed by atoms with E-state index in [0.717, 1.165) is 12.1 Å². The molecule has 0 spiro atoms. The minimum absolute atomic E-state index is 0.0113. The van der Waals surface area contributed by atoms with E-state index < -0.39 is 5.82 Å². The molecule has 1 aromatic carbocycles. The van der Waals surface area contributed by atoms with E-state index in [4.69, 9.17) is 9.84 Å². The van der Waals surface area contributed by atoms with Gasteiger partial charge in [0, 0.05) is 19.2 Å². The third-order valence-corrected chi connectivity index (χ3v) is 3.36. The largest absolute Gasteiger partial charge is 0.507 e. The molecule has 0 atom stereocenters. The number of ether oxygens (including phenoxy) is 1. The molecule has 1 amide bonds. The van der Waals surface area contributed by atoms with Gasteiger partial charge in [0.2, 0.25) is 0 Å². The summed E-state index contributed by atoms with van der Waals surface area (Å²) >= 11 is 0. The third-order valence-electron chi connectivity index (χ3n) is 3.36. The van der Waals surface area contributed by atoms with Crippen molar-refractivity contribution in [2.75, 3.05) is 26.3 Å². The molecule has 0 bridgehead atoms. The van der Waals surface area contributed by atoms with Crippen molar-refractivity contribution in [1.82, 2.24) is 4.90 Å². The van der Waals surface area contributed by atoms with Crippen LogP contribution in [0, 0.1) is 5.82 Å². The minimum atomic E-state index is -0.574. The molecule has 0 radical (unpaired) electrons. The normalized spacial score (nSPS) is 16.4. The Morgan fingerprint density at radius 3 is 2.70 bits per heavy atom. The Bertz CT molecular complexity index is 472. The number of carbonyl (C=O) groups is 1. The number of hydrogen-bond donors (Lipinski definition) is 2. The maximum atomic E-state index is 12.9. The number of aromatic hydroxyl groups is 1. The van der Waals surface area contributed by atoms with Gasteiger partial charge in [0.25, 0.3) is 5.91 Å². The summed E-state index contributed by atoms with van der Waals surface area (Å²) in [5.41, 5.74) is 0.112. The van der Waals surface area contributed by atoms with Crippen molar-refractivity contribution in [3.8, 4) is 5.75 Å². The second-order valence-electron chi connectivity index (χ2n) is 4.75. The zero-order chi connectivity index (χ0) is 14.5. The topological polar surface area (TPSA) is 70.0 Å². The molecular weight excluding hydrogens is 265 g/mol. The highest BCUT2D eigenvalue weighted by molar-refractivity contribution is 5.96. The first-order valence-electron chi connectivity index (χ1n) is 6.62. The molecule has 1 aliphatic heterocycles. The Kier molecular flexibility index (Phi) is 4.92. The Hall–Kier alpha value is -1.66. The van der Waals surface area contributed by atoms with Crippen LogP contribution in [-0.4, -0.2) is 53.4 Å². The molecule has 1 saturated heterocycles. The van der Waals surface area contributed by atoms with Crippen molar-refractivity contribution >= 4 is 5.91 Å². The fraction of sp³-hybridized carbons (Fsp3) is 0.500. The minimum Gasteiger partial charge on any atom is -0.507 e. The lowest BCUT2D eigenvalue weighted by molar-refractivity contribution is -0.00558. The number of likely N-dealkylation sites (tertiary alicyclic amines) is 1. The average Bonchev–Trinajstić information content (AvgIpc) is 2.45.